The van der Waals surface area contributed by atoms with Crippen LogP contribution in [0.2, 0.25) is 0 Å². The zero-order valence-corrected chi connectivity index (χ0v) is 10.1. The first-order valence-corrected chi connectivity index (χ1v) is 6.44. The number of nitrogens with one attached hydrogen (secondary N) is 1. The topological polar surface area (TPSA) is 54.9 Å². The molecule has 1 aromatic rings. The standard InChI is InChI=1S/C13H18N2O2/c1-8-6-15(13(17)14-12(8)16)7-11-5-9-2-3-10(11)4-9/h6,9-11H,2-5,7H2,1H3,(H,14,16,17). The summed E-state index contributed by atoms with van der Waals surface area (Å²) in [5.74, 6) is 2.33. The Hall–Kier alpha value is -1.32. The molecule has 1 heterocycles. The number of rotatable bonds is 2. The zero-order chi connectivity index (χ0) is 12.0. The maximum atomic E-state index is 11.7. The van der Waals surface area contributed by atoms with Crippen LogP contribution in [0.15, 0.2) is 15.8 Å². The van der Waals surface area contributed by atoms with Crippen LogP contribution in [0.1, 0.15) is 31.2 Å². The van der Waals surface area contributed by atoms with Crippen molar-refractivity contribution < 1.29 is 0 Å². The highest BCUT2D eigenvalue weighted by molar-refractivity contribution is 5.01. The Morgan fingerprint density at radius 3 is 2.82 bits per heavy atom. The molecule has 3 atom stereocenters. The fourth-order valence-corrected chi connectivity index (χ4v) is 3.61. The smallest absolute Gasteiger partial charge is 0.300 e. The van der Waals surface area contributed by atoms with Crippen molar-refractivity contribution in [3.63, 3.8) is 0 Å². The second-order valence-corrected chi connectivity index (χ2v) is 5.66. The summed E-state index contributed by atoms with van der Waals surface area (Å²) in [6.45, 7) is 2.52. The second kappa shape index (κ2) is 3.86. The van der Waals surface area contributed by atoms with E-state index in [0.29, 0.717) is 11.5 Å². The summed E-state index contributed by atoms with van der Waals surface area (Å²) in [7, 11) is 0. The molecule has 3 rings (SSSR count). The fraction of sp³-hybridized carbons (Fsp3) is 0.692. The molecule has 2 aliphatic rings. The van der Waals surface area contributed by atoms with E-state index in [0.717, 1.165) is 18.4 Å². The lowest BCUT2D eigenvalue weighted by Gasteiger charge is -2.22. The molecule has 0 aliphatic heterocycles. The maximum absolute atomic E-state index is 11.7. The summed E-state index contributed by atoms with van der Waals surface area (Å²) in [6, 6.07) is 0. The first-order chi connectivity index (χ1) is 8.13. The molecule has 17 heavy (non-hydrogen) atoms. The lowest BCUT2D eigenvalue weighted by Crippen LogP contribution is -2.33. The molecule has 1 N–H and O–H groups in total. The van der Waals surface area contributed by atoms with Crippen LogP contribution in [0.4, 0.5) is 0 Å². The second-order valence-electron chi connectivity index (χ2n) is 5.66. The molecule has 0 radical (unpaired) electrons. The summed E-state index contributed by atoms with van der Waals surface area (Å²) in [4.78, 5) is 25.4. The quantitative estimate of drug-likeness (QED) is 0.838. The summed E-state index contributed by atoms with van der Waals surface area (Å²) < 4.78 is 1.68. The SMILES string of the molecule is Cc1cn(CC2CC3CCC2C3)c(=O)[nH]c1=O. The van der Waals surface area contributed by atoms with E-state index in [1.54, 1.807) is 17.7 Å². The van der Waals surface area contributed by atoms with Crippen LogP contribution in [0, 0.1) is 24.7 Å². The molecule has 2 bridgehead atoms. The molecule has 92 valence electrons. The molecule has 2 aliphatic carbocycles. The van der Waals surface area contributed by atoms with Gasteiger partial charge in [0.05, 0.1) is 0 Å². The highest BCUT2D eigenvalue weighted by Crippen LogP contribution is 2.48. The molecule has 0 amide bonds. The number of aromatic amines is 1. The van der Waals surface area contributed by atoms with Gasteiger partial charge in [-0.05, 0) is 43.9 Å². The van der Waals surface area contributed by atoms with Crippen LogP contribution in [-0.4, -0.2) is 9.55 Å². The van der Waals surface area contributed by atoms with Gasteiger partial charge >= 0.3 is 5.69 Å². The summed E-state index contributed by atoms with van der Waals surface area (Å²) in [5, 5.41) is 0. The molecule has 3 unspecified atom stereocenters. The molecule has 4 heteroatoms. The van der Waals surface area contributed by atoms with Crippen LogP contribution in [0.3, 0.4) is 0 Å². The van der Waals surface area contributed by atoms with E-state index in [2.05, 4.69) is 4.98 Å². The number of fused-ring (bicyclic) bond motifs is 2. The van der Waals surface area contributed by atoms with Gasteiger partial charge in [-0.1, -0.05) is 6.42 Å². The molecule has 4 nitrogen and oxygen atoms in total. The largest absolute Gasteiger partial charge is 0.328 e. The molecular formula is C13H18N2O2. The summed E-state index contributed by atoms with van der Waals surface area (Å²) in [6.07, 6.45) is 7.01. The Morgan fingerprint density at radius 2 is 2.18 bits per heavy atom. The first-order valence-electron chi connectivity index (χ1n) is 6.44. The van der Waals surface area contributed by atoms with E-state index >= 15 is 0 Å². The van der Waals surface area contributed by atoms with Crippen LogP contribution in [0.5, 0.6) is 0 Å². The van der Waals surface area contributed by atoms with Gasteiger partial charge in [0.25, 0.3) is 5.56 Å². The predicted molar refractivity (Wildman–Crippen MR) is 65.0 cm³/mol. The minimum Gasteiger partial charge on any atom is -0.300 e. The van der Waals surface area contributed by atoms with E-state index < -0.39 is 0 Å². The van der Waals surface area contributed by atoms with Gasteiger partial charge < -0.3 is 4.57 Å². The van der Waals surface area contributed by atoms with Gasteiger partial charge in [-0.3, -0.25) is 9.78 Å². The van der Waals surface area contributed by atoms with Gasteiger partial charge in [0.2, 0.25) is 0 Å². The van der Waals surface area contributed by atoms with Crippen LogP contribution in [-0.2, 0) is 6.54 Å². The lowest BCUT2D eigenvalue weighted by atomic mass is 9.89. The van der Waals surface area contributed by atoms with Crippen LogP contribution in [0.25, 0.3) is 0 Å². The van der Waals surface area contributed by atoms with Crippen molar-refractivity contribution in [3.8, 4) is 0 Å². The van der Waals surface area contributed by atoms with Crippen LogP contribution < -0.4 is 11.2 Å². The number of hydrogen-bond acceptors (Lipinski definition) is 2. The molecule has 0 spiro atoms. The number of aromatic nitrogens is 2. The zero-order valence-electron chi connectivity index (χ0n) is 10.1. The maximum Gasteiger partial charge on any atom is 0.328 e. The summed E-state index contributed by atoms with van der Waals surface area (Å²) >= 11 is 0. The number of hydrogen-bond donors (Lipinski definition) is 1. The molecular weight excluding hydrogens is 216 g/mol. The minimum atomic E-state index is -0.265. The Bertz CT molecular complexity index is 543. The average Bonchev–Trinajstić information content (AvgIpc) is 2.87. The van der Waals surface area contributed by atoms with Gasteiger partial charge in [-0.25, -0.2) is 4.79 Å². The van der Waals surface area contributed by atoms with Gasteiger partial charge in [0.1, 0.15) is 0 Å². The van der Waals surface area contributed by atoms with E-state index in [4.69, 9.17) is 0 Å². The number of nitrogens with zero attached hydrogens (tertiary/aromatic N) is 1. The average molecular weight is 234 g/mol. The number of H-pyrrole nitrogens is 1. The Morgan fingerprint density at radius 1 is 1.35 bits per heavy atom. The Kier molecular flexibility index (Phi) is 2.45. The normalized spacial score (nSPS) is 31.0. The van der Waals surface area contributed by atoms with Crippen molar-refractivity contribution in [3.05, 3.63) is 32.6 Å². The van der Waals surface area contributed by atoms with Crippen LogP contribution >= 0.6 is 0 Å². The Balaban J connectivity index is 1.84. The van der Waals surface area contributed by atoms with Gasteiger partial charge in [-0.2, -0.15) is 0 Å². The van der Waals surface area contributed by atoms with E-state index in [9.17, 15) is 9.59 Å². The van der Waals surface area contributed by atoms with Crippen molar-refractivity contribution in [2.45, 2.75) is 39.2 Å². The third-order valence-corrected chi connectivity index (χ3v) is 4.50. The van der Waals surface area contributed by atoms with Crippen molar-refractivity contribution in [2.75, 3.05) is 0 Å². The molecule has 0 aromatic carbocycles. The van der Waals surface area contributed by atoms with Crippen molar-refractivity contribution in [2.24, 2.45) is 17.8 Å². The van der Waals surface area contributed by atoms with Crippen molar-refractivity contribution >= 4 is 0 Å². The van der Waals surface area contributed by atoms with E-state index in [-0.39, 0.29) is 11.2 Å². The van der Waals surface area contributed by atoms with Crippen molar-refractivity contribution in [1.29, 1.82) is 0 Å². The molecule has 0 saturated heterocycles. The van der Waals surface area contributed by atoms with Crippen molar-refractivity contribution in [1.82, 2.24) is 9.55 Å². The molecule has 2 saturated carbocycles. The van der Waals surface area contributed by atoms with Gasteiger partial charge in [-0.15, -0.1) is 0 Å². The predicted octanol–water partition coefficient (Wildman–Crippen LogP) is 1.28. The fourth-order valence-electron chi connectivity index (χ4n) is 3.61. The highest BCUT2D eigenvalue weighted by Gasteiger charge is 2.39. The third kappa shape index (κ3) is 1.85. The van der Waals surface area contributed by atoms with E-state index in [1.807, 2.05) is 0 Å². The molecule has 2 fully saturated rings. The number of aryl methyl sites for hydroxylation is 1. The molecule has 1 aromatic heterocycles. The van der Waals surface area contributed by atoms with Gasteiger partial charge in [0, 0.05) is 18.3 Å². The van der Waals surface area contributed by atoms with E-state index in [1.165, 1.54) is 25.7 Å². The monoisotopic (exact) mass is 234 g/mol. The minimum absolute atomic E-state index is 0.261. The van der Waals surface area contributed by atoms with Gasteiger partial charge in [0.15, 0.2) is 0 Å². The first kappa shape index (κ1) is 10.8. The lowest BCUT2D eigenvalue weighted by molar-refractivity contribution is 0.291. The Labute approximate surface area is 99.7 Å². The third-order valence-electron chi connectivity index (χ3n) is 4.50. The highest BCUT2D eigenvalue weighted by atomic mass is 16.2. The summed E-state index contributed by atoms with van der Waals surface area (Å²) in [5.41, 5.74) is 0.0929.